The highest BCUT2D eigenvalue weighted by Crippen LogP contribution is 2.27. The topological polar surface area (TPSA) is 94.8 Å². The maximum absolute atomic E-state index is 12.7. The van der Waals surface area contributed by atoms with Crippen molar-refractivity contribution < 1.29 is 9.53 Å². The van der Waals surface area contributed by atoms with E-state index in [1.165, 1.54) is 6.20 Å². The molecule has 0 aliphatic heterocycles. The lowest BCUT2D eigenvalue weighted by molar-refractivity contribution is 0.0526. The summed E-state index contributed by atoms with van der Waals surface area (Å²) < 4.78 is 6.96. The van der Waals surface area contributed by atoms with E-state index in [2.05, 4.69) is 20.4 Å². The van der Waals surface area contributed by atoms with Gasteiger partial charge in [-0.1, -0.05) is 48.5 Å². The van der Waals surface area contributed by atoms with E-state index in [4.69, 9.17) is 9.72 Å². The summed E-state index contributed by atoms with van der Waals surface area (Å²) in [6.45, 7) is 5.95. The molecule has 0 bridgehead atoms. The summed E-state index contributed by atoms with van der Waals surface area (Å²) in [5.41, 5.74) is 3.82. The Morgan fingerprint density at radius 2 is 1.77 bits per heavy atom. The van der Waals surface area contributed by atoms with E-state index in [1.54, 1.807) is 11.6 Å². The number of pyridine rings is 1. The monoisotopic (exact) mass is 464 g/mol. The third-order valence-electron chi connectivity index (χ3n) is 5.52. The molecule has 0 spiro atoms. The number of anilines is 2. The van der Waals surface area contributed by atoms with Gasteiger partial charge < -0.3 is 10.1 Å². The van der Waals surface area contributed by atoms with E-state index in [0.717, 1.165) is 27.7 Å². The molecule has 0 aliphatic carbocycles. The van der Waals surface area contributed by atoms with Crippen molar-refractivity contribution in [3.63, 3.8) is 0 Å². The Bertz CT molecular complexity index is 1530. The number of nitrogens with one attached hydrogen (secondary N) is 1. The second-order valence-electron chi connectivity index (χ2n) is 8.06. The number of benzene rings is 2. The quantitative estimate of drug-likeness (QED) is 0.336. The summed E-state index contributed by atoms with van der Waals surface area (Å²) in [6, 6.07) is 21.4. The summed E-state index contributed by atoms with van der Waals surface area (Å²) in [6.07, 6.45) is 1.49. The van der Waals surface area contributed by atoms with Crippen LogP contribution in [-0.4, -0.2) is 37.3 Å². The number of hydrogen-bond donors (Lipinski definition) is 1. The molecule has 0 unspecified atom stereocenters. The molecule has 35 heavy (non-hydrogen) atoms. The van der Waals surface area contributed by atoms with Gasteiger partial charge in [-0.15, -0.1) is 0 Å². The molecule has 3 heterocycles. The first-order valence-electron chi connectivity index (χ1n) is 11.3. The van der Waals surface area contributed by atoms with Gasteiger partial charge in [0.25, 0.3) is 0 Å². The molecule has 8 heteroatoms. The van der Waals surface area contributed by atoms with E-state index in [1.807, 2.05) is 80.6 Å². The van der Waals surface area contributed by atoms with E-state index in [9.17, 15) is 4.79 Å². The van der Waals surface area contributed by atoms with Crippen LogP contribution < -0.4 is 5.32 Å². The molecule has 1 N–H and O–H groups in total. The van der Waals surface area contributed by atoms with Crippen LogP contribution in [0.4, 0.5) is 11.6 Å². The van der Waals surface area contributed by atoms with Gasteiger partial charge in [-0.25, -0.2) is 19.7 Å². The highest BCUT2D eigenvalue weighted by Gasteiger charge is 2.19. The normalized spacial score (nSPS) is 10.9. The molecule has 8 nitrogen and oxygen atoms in total. The number of rotatable bonds is 6. The SMILES string of the molecule is CCOC(=O)c1cnc(-c2ccccc2)nc1Nc1cc(C)nn1-c1cc(C)c2ccccc2n1. The molecule has 2 aromatic carbocycles. The molecule has 0 aliphatic rings. The molecular formula is C27H24N6O2. The zero-order valence-corrected chi connectivity index (χ0v) is 19.7. The number of aryl methyl sites for hydroxylation is 2. The molecular weight excluding hydrogens is 440 g/mol. The second kappa shape index (κ2) is 9.34. The van der Waals surface area contributed by atoms with Gasteiger partial charge in [0.1, 0.15) is 17.2 Å². The van der Waals surface area contributed by atoms with Gasteiger partial charge in [0.2, 0.25) is 0 Å². The lowest BCUT2D eigenvalue weighted by Gasteiger charge is -2.14. The fraction of sp³-hybridized carbons (Fsp3) is 0.148. The van der Waals surface area contributed by atoms with Crippen LogP contribution in [0.25, 0.3) is 28.1 Å². The van der Waals surface area contributed by atoms with Gasteiger partial charge in [-0.3, -0.25) is 0 Å². The van der Waals surface area contributed by atoms with Gasteiger partial charge in [-0.2, -0.15) is 9.78 Å². The van der Waals surface area contributed by atoms with E-state index in [-0.39, 0.29) is 12.2 Å². The maximum atomic E-state index is 12.7. The van der Waals surface area contributed by atoms with E-state index in [0.29, 0.717) is 23.3 Å². The lowest BCUT2D eigenvalue weighted by Crippen LogP contribution is -2.13. The molecule has 0 fully saturated rings. The Morgan fingerprint density at radius 3 is 2.57 bits per heavy atom. The number of esters is 1. The summed E-state index contributed by atoms with van der Waals surface area (Å²) in [7, 11) is 0. The third kappa shape index (κ3) is 4.46. The molecule has 5 rings (SSSR count). The van der Waals surface area contributed by atoms with Gasteiger partial charge in [0.05, 0.1) is 17.8 Å². The van der Waals surface area contributed by atoms with Crippen LogP contribution >= 0.6 is 0 Å². The van der Waals surface area contributed by atoms with Crippen LogP contribution in [0.1, 0.15) is 28.5 Å². The van der Waals surface area contributed by atoms with E-state index < -0.39 is 5.97 Å². The first-order chi connectivity index (χ1) is 17.0. The van der Waals surface area contributed by atoms with Crippen molar-refractivity contribution in [1.82, 2.24) is 24.7 Å². The zero-order chi connectivity index (χ0) is 24.4. The van der Waals surface area contributed by atoms with Crippen LogP contribution in [0, 0.1) is 13.8 Å². The Morgan fingerprint density at radius 1 is 1.00 bits per heavy atom. The molecule has 3 aromatic heterocycles. The Hall–Kier alpha value is -4.59. The third-order valence-corrected chi connectivity index (χ3v) is 5.52. The first kappa shape index (κ1) is 22.2. The minimum absolute atomic E-state index is 0.236. The average molecular weight is 465 g/mol. The number of para-hydroxylation sites is 1. The molecule has 0 radical (unpaired) electrons. The average Bonchev–Trinajstić information content (AvgIpc) is 3.24. The minimum atomic E-state index is -0.503. The molecule has 0 saturated carbocycles. The fourth-order valence-electron chi connectivity index (χ4n) is 3.89. The molecule has 0 amide bonds. The first-order valence-corrected chi connectivity index (χ1v) is 11.3. The van der Waals surface area contributed by atoms with Gasteiger partial charge in [0, 0.05) is 23.2 Å². The smallest absolute Gasteiger partial charge is 0.343 e. The van der Waals surface area contributed by atoms with Crippen molar-refractivity contribution in [2.24, 2.45) is 0 Å². The number of carbonyl (C=O) groups is 1. The van der Waals surface area contributed by atoms with Crippen LogP contribution in [0.2, 0.25) is 0 Å². The van der Waals surface area contributed by atoms with Crippen LogP contribution in [0.5, 0.6) is 0 Å². The zero-order valence-electron chi connectivity index (χ0n) is 19.7. The number of aromatic nitrogens is 5. The van der Waals surface area contributed by atoms with E-state index >= 15 is 0 Å². The summed E-state index contributed by atoms with van der Waals surface area (Å²) in [5.74, 6) is 1.59. The number of nitrogens with zero attached hydrogens (tertiary/aromatic N) is 5. The fourth-order valence-corrected chi connectivity index (χ4v) is 3.89. The van der Waals surface area contributed by atoms with Crippen molar-refractivity contribution >= 4 is 28.5 Å². The highest BCUT2D eigenvalue weighted by molar-refractivity contribution is 5.95. The van der Waals surface area contributed by atoms with Crippen LogP contribution in [0.15, 0.2) is 72.9 Å². The highest BCUT2D eigenvalue weighted by atomic mass is 16.5. The van der Waals surface area contributed by atoms with Gasteiger partial charge >= 0.3 is 5.97 Å². The van der Waals surface area contributed by atoms with Crippen molar-refractivity contribution in [3.05, 3.63) is 89.7 Å². The summed E-state index contributed by atoms with van der Waals surface area (Å²) in [4.78, 5) is 26.6. The van der Waals surface area contributed by atoms with Crippen molar-refractivity contribution in [2.75, 3.05) is 11.9 Å². The largest absolute Gasteiger partial charge is 0.462 e. The second-order valence-corrected chi connectivity index (χ2v) is 8.06. The Balaban J connectivity index is 1.61. The van der Waals surface area contributed by atoms with Crippen molar-refractivity contribution in [1.29, 1.82) is 0 Å². The number of carbonyl (C=O) groups excluding carboxylic acids is 1. The van der Waals surface area contributed by atoms with Gasteiger partial charge in [-0.05, 0) is 38.5 Å². The van der Waals surface area contributed by atoms with Crippen molar-refractivity contribution in [3.8, 4) is 17.2 Å². The summed E-state index contributed by atoms with van der Waals surface area (Å²) >= 11 is 0. The predicted molar refractivity (Wildman–Crippen MR) is 135 cm³/mol. The standard InChI is InChI=1S/C27H24N6O2/c1-4-35-27(34)21-16-28-25(19-10-6-5-7-11-19)31-26(21)30-24-15-18(3)32-33(24)23-14-17(2)20-12-8-9-13-22(20)29-23/h5-16H,4H2,1-3H3,(H,28,30,31). The van der Waals surface area contributed by atoms with Crippen molar-refractivity contribution in [2.45, 2.75) is 20.8 Å². The molecule has 5 aromatic rings. The Labute approximate surface area is 202 Å². The molecule has 174 valence electrons. The lowest BCUT2D eigenvalue weighted by atomic mass is 10.1. The predicted octanol–water partition coefficient (Wildman–Crippen LogP) is 5.41. The van der Waals surface area contributed by atoms with Crippen LogP contribution in [0.3, 0.4) is 0 Å². The minimum Gasteiger partial charge on any atom is -0.462 e. The maximum Gasteiger partial charge on any atom is 0.343 e. The number of fused-ring (bicyclic) bond motifs is 1. The Kier molecular flexibility index (Phi) is 5.93. The number of ether oxygens (including phenoxy) is 1. The molecule has 0 saturated heterocycles. The number of hydrogen-bond acceptors (Lipinski definition) is 7. The molecule has 0 atom stereocenters. The van der Waals surface area contributed by atoms with Crippen LogP contribution in [-0.2, 0) is 4.74 Å². The van der Waals surface area contributed by atoms with Gasteiger partial charge in [0.15, 0.2) is 11.6 Å². The summed E-state index contributed by atoms with van der Waals surface area (Å²) in [5, 5.41) is 9.02.